The Morgan fingerprint density at radius 2 is 0.969 bits per heavy atom. The van der Waals surface area contributed by atoms with Crippen molar-refractivity contribution < 1.29 is 47.8 Å². The normalized spacial score (nSPS) is 26.4. The lowest BCUT2D eigenvalue weighted by molar-refractivity contribution is -0.355. The zero-order chi connectivity index (χ0) is 44.9. The highest BCUT2D eigenvalue weighted by atomic mass is 32.2. The van der Waals surface area contributed by atoms with Gasteiger partial charge in [0, 0.05) is 4.90 Å². The lowest BCUT2D eigenvalue weighted by atomic mass is 9.96. The largest absolute Gasteiger partial charge is 0.414 e. The van der Waals surface area contributed by atoms with Crippen LogP contribution in [0.5, 0.6) is 0 Å². The molecule has 0 radical (unpaired) electrons. The van der Waals surface area contributed by atoms with Crippen LogP contribution < -0.4 is 0 Å². The van der Waals surface area contributed by atoms with E-state index in [4.69, 9.17) is 37.6 Å². The van der Waals surface area contributed by atoms with Crippen LogP contribution in [0.3, 0.4) is 0 Å². The van der Waals surface area contributed by atoms with Crippen LogP contribution in [0.25, 0.3) is 0 Å². The predicted molar refractivity (Wildman–Crippen MR) is 251 cm³/mol. The van der Waals surface area contributed by atoms with Crippen LogP contribution in [0.1, 0.15) is 43.0 Å². The van der Waals surface area contributed by atoms with Crippen molar-refractivity contribution >= 4 is 20.1 Å². The summed E-state index contributed by atoms with van der Waals surface area (Å²) in [5.74, 6) is 0. The topological polar surface area (TPSA) is 114 Å². The fourth-order valence-electron chi connectivity index (χ4n) is 7.45. The van der Waals surface area contributed by atoms with Crippen LogP contribution in [0.4, 0.5) is 0 Å². The van der Waals surface area contributed by atoms with Crippen LogP contribution in [0.2, 0.25) is 18.1 Å². The summed E-state index contributed by atoms with van der Waals surface area (Å²) < 4.78 is 54.2. The zero-order valence-electron chi connectivity index (χ0n) is 37.5. The molecular formula is C52H64O10SSi. The third kappa shape index (κ3) is 13.2. The average Bonchev–Trinajstić information content (AvgIpc) is 3.30. The standard InChI is InChI=1S/C52H64O10SSi/c1-52(2,3)64(4,5)59-36-42-44(53)47(45(54)51(61-42)63-41-29-19-10-20-30-41)62-50-49(58-34-40-27-17-9-18-28-40)48(57-33-39-25-15-8-16-26-39)46(56-32-38-23-13-7-14-24-38)43(60-50)35-55-31-37-21-11-6-12-22-37/h6-30,42-51,53-54H,31-36H2,1-5H3/t42-,43-,44-,45+,46-,47+,48+,49-,50+,51-/m1/s1. The second-order valence-electron chi connectivity index (χ2n) is 18.0. The van der Waals surface area contributed by atoms with Gasteiger partial charge in [-0.05, 0) is 52.5 Å². The van der Waals surface area contributed by atoms with Gasteiger partial charge in [-0.25, -0.2) is 0 Å². The molecule has 0 unspecified atom stereocenters. The van der Waals surface area contributed by atoms with Crippen LogP contribution in [-0.2, 0) is 64.0 Å². The summed E-state index contributed by atoms with van der Waals surface area (Å²) in [5.41, 5.74) is 3.08. The molecule has 7 rings (SSSR count). The molecule has 0 spiro atoms. The maximum atomic E-state index is 12.3. The molecule has 64 heavy (non-hydrogen) atoms. The van der Waals surface area contributed by atoms with Crippen LogP contribution in [-0.4, -0.2) is 92.3 Å². The Balaban J connectivity index is 1.24. The maximum absolute atomic E-state index is 12.3. The van der Waals surface area contributed by atoms with Gasteiger partial charge in [0.15, 0.2) is 14.6 Å². The molecular weight excluding hydrogens is 845 g/mol. The minimum Gasteiger partial charge on any atom is -0.414 e. The van der Waals surface area contributed by atoms with Gasteiger partial charge in [0.2, 0.25) is 0 Å². The van der Waals surface area contributed by atoms with Crippen molar-refractivity contribution in [3.63, 3.8) is 0 Å². The molecule has 5 aromatic carbocycles. The van der Waals surface area contributed by atoms with Gasteiger partial charge in [-0.3, -0.25) is 0 Å². The molecule has 2 aliphatic heterocycles. The highest BCUT2D eigenvalue weighted by Crippen LogP contribution is 2.40. The number of hydrogen-bond acceptors (Lipinski definition) is 11. The lowest BCUT2D eigenvalue weighted by Crippen LogP contribution is -2.65. The third-order valence-electron chi connectivity index (χ3n) is 12.2. The fourth-order valence-corrected chi connectivity index (χ4v) is 9.54. The van der Waals surface area contributed by atoms with Gasteiger partial charge in [-0.2, -0.15) is 0 Å². The molecule has 10 atom stereocenters. The summed E-state index contributed by atoms with van der Waals surface area (Å²) in [6.45, 7) is 12.1. The molecule has 0 aliphatic carbocycles. The number of thioether (sulfide) groups is 1. The van der Waals surface area contributed by atoms with E-state index in [2.05, 4.69) is 33.9 Å². The van der Waals surface area contributed by atoms with E-state index < -0.39 is 68.9 Å². The molecule has 2 N–H and O–H groups in total. The van der Waals surface area contributed by atoms with Crippen molar-refractivity contribution in [2.75, 3.05) is 13.2 Å². The molecule has 10 nitrogen and oxygen atoms in total. The molecule has 12 heteroatoms. The number of ether oxygens (including phenoxy) is 7. The molecule has 2 aliphatic rings. The van der Waals surface area contributed by atoms with E-state index in [1.165, 1.54) is 11.8 Å². The molecule has 0 aromatic heterocycles. The Bertz CT molecular complexity index is 2080. The second kappa shape index (κ2) is 23.1. The Morgan fingerprint density at radius 3 is 1.47 bits per heavy atom. The monoisotopic (exact) mass is 908 g/mol. The van der Waals surface area contributed by atoms with Gasteiger partial charge < -0.3 is 47.8 Å². The number of benzene rings is 5. The maximum Gasteiger partial charge on any atom is 0.192 e. The molecule has 2 heterocycles. The van der Waals surface area contributed by atoms with Gasteiger partial charge in [-0.1, -0.05) is 172 Å². The van der Waals surface area contributed by atoms with E-state index in [-0.39, 0.29) is 38.1 Å². The molecule has 0 saturated carbocycles. The highest BCUT2D eigenvalue weighted by Gasteiger charge is 2.54. The average molecular weight is 909 g/mol. The Morgan fingerprint density at radius 1 is 0.516 bits per heavy atom. The van der Waals surface area contributed by atoms with Gasteiger partial charge in [0.05, 0.1) is 39.6 Å². The van der Waals surface area contributed by atoms with Gasteiger partial charge in [0.1, 0.15) is 54.3 Å². The van der Waals surface area contributed by atoms with Crippen molar-refractivity contribution in [3.8, 4) is 0 Å². The second-order valence-corrected chi connectivity index (χ2v) is 23.9. The summed E-state index contributed by atoms with van der Waals surface area (Å²) in [4.78, 5) is 0.896. The molecule has 2 fully saturated rings. The minimum absolute atomic E-state index is 0.0784. The summed E-state index contributed by atoms with van der Waals surface area (Å²) in [5, 5.41) is 24.4. The first-order chi connectivity index (χ1) is 30.9. The number of aliphatic hydroxyl groups is 2. The first-order valence-electron chi connectivity index (χ1n) is 22.2. The van der Waals surface area contributed by atoms with E-state index in [1.807, 2.05) is 152 Å². The summed E-state index contributed by atoms with van der Waals surface area (Å²) in [7, 11) is -2.27. The van der Waals surface area contributed by atoms with Crippen LogP contribution >= 0.6 is 11.8 Å². The van der Waals surface area contributed by atoms with Crippen molar-refractivity contribution in [2.24, 2.45) is 0 Å². The lowest BCUT2D eigenvalue weighted by Gasteiger charge is -2.49. The van der Waals surface area contributed by atoms with Crippen LogP contribution in [0.15, 0.2) is 157 Å². The SMILES string of the molecule is CC(C)(C)[Si](C)(C)OC[C@H]1O[C@H](Sc2ccccc2)[C@@H](O)[C@@H](O[C@@H]2O[C@H](COCc3ccccc3)[C@@H](OCc3ccccc3)[C@H](OCc3ccccc3)[C@H]2OCc2ccccc2)[C@@H]1O. The fraction of sp³-hybridized carbons (Fsp3) is 0.423. The Labute approximate surface area is 384 Å². The molecule has 2 saturated heterocycles. The smallest absolute Gasteiger partial charge is 0.192 e. The van der Waals surface area contributed by atoms with E-state index in [9.17, 15) is 10.2 Å². The minimum atomic E-state index is -2.27. The van der Waals surface area contributed by atoms with Crippen LogP contribution in [0, 0.1) is 0 Å². The third-order valence-corrected chi connectivity index (χ3v) is 17.9. The molecule has 0 amide bonds. The zero-order valence-corrected chi connectivity index (χ0v) is 39.3. The van der Waals surface area contributed by atoms with E-state index in [0.717, 1.165) is 27.1 Å². The number of aliphatic hydroxyl groups excluding tert-OH is 2. The van der Waals surface area contributed by atoms with E-state index >= 15 is 0 Å². The summed E-state index contributed by atoms with van der Waals surface area (Å²) in [6, 6.07) is 49.5. The van der Waals surface area contributed by atoms with Crippen molar-refractivity contribution in [3.05, 3.63) is 174 Å². The quantitative estimate of drug-likeness (QED) is 0.0729. The highest BCUT2D eigenvalue weighted by molar-refractivity contribution is 7.99. The van der Waals surface area contributed by atoms with E-state index in [0.29, 0.717) is 6.61 Å². The molecule has 5 aromatic rings. The first kappa shape index (κ1) is 48.2. The Hall–Kier alpha value is -3.73. The predicted octanol–water partition coefficient (Wildman–Crippen LogP) is 9.33. The Kier molecular flexibility index (Phi) is 17.4. The molecule has 0 bridgehead atoms. The summed E-state index contributed by atoms with van der Waals surface area (Å²) >= 11 is 1.37. The van der Waals surface area contributed by atoms with Crippen molar-refractivity contribution in [1.82, 2.24) is 0 Å². The first-order valence-corrected chi connectivity index (χ1v) is 26.0. The van der Waals surface area contributed by atoms with Crippen molar-refractivity contribution in [2.45, 2.75) is 131 Å². The van der Waals surface area contributed by atoms with Gasteiger partial charge >= 0.3 is 0 Å². The number of rotatable bonds is 20. The number of hydrogen-bond donors (Lipinski definition) is 2. The summed E-state index contributed by atoms with van der Waals surface area (Å²) in [6.07, 6.45) is -8.85. The van der Waals surface area contributed by atoms with Gasteiger partial charge in [0.25, 0.3) is 0 Å². The van der Waals surface area contributed by atoms with Gasteiger partial charge in [-0.15, -0.1) is 0 Å². The van der Waals surface area contributed by atoms with Crippen molar-refractivity contribution in [1.29, 1.82) is 0 Å². The van der Waals surface area contributed by atoms with E-state index in [1.54, 1.807) is 0 Å². The molecule has 342 valence electrons.